The molecule has 0 saturated carbocycles. The maximum atomic E-state index is 5.89. The van der Waals surface area contributed by atoms with E-state index in [4.69, 9.17) is 10.5 Å². The second kappa shape index (κ2) is 6.53. The Labute approximate surface area is 97.8 Å². The van der Waals surface area contributed by atoms with Crippen LogP contribution < -0.4 is 5.73 Å². The molecule has 0 atom stereocenters. The fraction of sp³-hybridized carbons (Fsp3) is 0.750. The van der Waals surface area contributed by atoms with Crippen molar-refractivity contribution in [2.24, 2.45) is 7.05 Å². The van der Waals surface area contributed by atoms with Crippen molar-refractivity contribution in [3.63, 3.8) is 0 Å². The predicted molar refractivity (Wildman–Crippen MR) is 66.2 cm³/mol. The Bertz CT molecular complexity index is 320. The van der Waals surface area contributed by atoms with Crippen LogP contribution in [0.3, 0.4) is 0 Å². The zero-order chi connectivity index (χ0) is 12.0. The first kappa shape index (κ1) is 13.0. The van der Waals surface area contributed by atoms with Gasteiger partial charge in [0.15, 0.2) is 0 Å². The van der Waals surface area contributed by atoms with Gasteiger partial charge >= 0.3 is 0 Å². The molecule has 0 bridgehead atoms. The topological polar surface area (TPSA) is 53.1 Å². The minimum atomic E-state index is 0.581. The number of nitrogen functional groups attached to an aromatic ring is 1. The highest BCUT2D eigenvalue weighted by Gasteiger charge is 2.09. The van der Waals surface area contributed by atoms with Crippen LogP contribution in [-0.2, 0) is 18.4 Å². The summed E-state index contributed by atoms with van der Waals surface area (Å²) in [6.07, 6.45) is 4.93. The summed E-state index contributed by atoms with van der Waals surface area (Å²) in [5, 5.41) is 4.25. The number of unbranched alkanes of at least 4 members (excludes halogenated alkanes) is 3. The molecule has 0 amide bonds. The first-order valence-electron chi connectivity index (χ1n) is 6.02. The minimum absolute atomic E-state index is 0.581. The van der Waals surface area contributed by atoms with E-state index in [2.05, 4.69) is 12.0 Å². The van der Waals surface area contributed by atoms with E-state index >= 15 is 0 Å². The van der Waals surface area contributed by atoms with Gasteiger partial charge < -0.3 is 10.5 Å². The van der Waals surface area contributed by atoms with Crippen molar-refractivity contribution in [3.8, 4) is 0 Å². The second-order valence-electron chi connectivity index (χ2n) is 4.19. The lowest BCUT2D eigenvalue weighted by atomic mass is 10.2. The number of hydrogen-bond donors (Lipinski definition) is 1. The smallest absolute Gasteiger partial charge is 0.127 e. The molecule has 92 valence electrons. The van der Waals surface area contributed by atoms with E-state index in [9.17, 15) is 0 Å². The Kier molecular flexibility index (Phi) is 5.32. The largest absolute Gasteiger partial charge is 0.384 e. The van der Waals surface area contributed by atoms with E-state index in [1.807, 2.05) is 14.0 Å². The third kappa shape index (κ3) is 3.52. The Morgan fingerprint density at radius 3 is 2.62 bits per heavy atom. The number of rotatable bonds is 7. The Balaban J connectivity index is 2.26. The highest BCUT2D eigenvalue weighted by molar-refractivity contribution is 5.42. The van der Waals surface area contributed by atoms with Gasteiger partial charge in [0.25, 0.3) is 0 Å². The van der Waals surface area contributed by atoms with E-state index < -0.39 is 0 Å². The number of hydrogen-bond acceptors (Lipinski definition) is 3. The molecule has 2 N–H and O–H groups in total. The normalized spacial score (nSPS) is 10.9. The quantitative estimate of drug-likeness (QED) is 0.725. The third-order valence-corrected chi connectivity index (χ3v) is 2.78. The van der Waals surface area contributed by atoms with Crippen LogP contribution >= 0.6 is 0 Å². The van der Waals surface area contributed by atoms with Crippen LogP contribution in [0.25, 0.3) is 0 Å². The molecule has 0 aliphatic carbocycles. The van der Waals surface area contributed by atoms with Gasteiger partial charge in [0.1, 0.15) is 5.82 Å². The molecule has 1 aromatic heterocycles. The van der Waals surface area contributed by atoms with Gasteiger partial charge in [-0.1, -0.05) is 26.2 Å². The van der Waals surface area contributed by atoms with Gasteiger partial charge in [-0.3, -0.25) is 4.68 Å². The van der Waals surface area contributed by atoms with E-state index in [1.165, 1.54) is 19.3 Å². The third-order valence-electron chi connectivity index (χ3n) is 2.78. The zero-order valence-corrected chi connectivity index (χ0v) is 10.6. The maximum absolute atomic E-state index is 5.89. The molecule has 4 nitrogen and oxygen atoms in total. The second-order valence-corrected chi connectivity index (χ2v) is 4.19. The van der Waals surface area contributed by atoms with E-state index in [-0.39, 0.29) is 0 Å². The van der Waals surface area contributed by atoms with Crippen LogP contribution in [0, 0.1) is 6.92 Å². The molecular weight excluding hydrogens is 202 g/mol. The first-order valence-corrected chi connectivity index (χ1v) is 6.02. The molecule has 0 spiro atoms. The Hall–Kier alpha value is -1.03. The van der Waals surface area contributed by atoms with E-state index in [0.717, 1.165) is 24.3 Å². The summed E-state index contributed by atoms with van der Waals surface area (Å²) in [6.45, 7) is 5.57. The van der Waals surface area contributed by atoms with Crippen molar-refractivity contribution in [3.05, 3.63) is 11.3 Å². The molecule has 0 saturated heterocycles. The van der Waals surface area contributed by atoms with Gasteiger partial charge in [-0.15, -0.1) is 0 Å². The molecular formula is C12H23N3O. The summed E-state index contributed by atoms with van der Waals surface area (Å²) < 4.78 is 7.31. The number of ether oxygens (including phenoxy) is 1. The van der Waals surface area contributed by atoms with Crippen molar-refractivity contribution < 1.29 is 4.74 Å². The van der Waals surface area contributed by atoms with Crippen molar-refractivity contribution >= 4 is 5.82 Å². The van der Waals surface area contributed by atoms with Gasteiger partial charge in [0.2, 0.25) is 0 Å². The summed E-state index contributed by atoms with van der Waals surface area (Å²) in [5.74, 6) is 0.714. The molecule has 1 aromatic rings. The maximum Gasteiger partial charge on any atom is 0.127 e. The van der Waals surface area contributed by atoms with E-state index in [1.54, 1.807) is 4.68 Å². The molecule has 1 rings (SSSR count). The number of aromatic nitrogens is 2. The van der Waals surface area contributed by atoms with Crippen LogP contribution in [-0.4, -0.2) is 16.4 Å². The van der Waals surface area contributed by atoms with Gasteiger partial charge in [-0.25, -0.2) is 0 Å². The van der Waals surface area contributed by atoms with Crippen LogP contribution in [0.1, 0.15) is 43.9 Å². The lowest BCUT2D eigenvalue weighted by molar-refractivity contribution is 0.117. The average Bonchev–Trinajstić information content (AvgIpc) is 2.49. The van der Waals surface area contributed by atoms with Crippen LogP contribution in [0.15, 0.2) is 0 Å². The summed E-state index contributed by atoms with van der Waals surface area (Å²) in [7, 11) is 1.85. The van der Waals surface area contributed by atoms with Crippen molar-refractivity contribution in [2.45, 2.75) is 46.1 Å². The van der Waals surface area contributed by atoms with Gasteiger partial charge in [0.05, 0.1) is 12.3 Å². The molecule has 0 fully saturated rings. The zero-order valence-electron chi connectivity index (χ0n) is 10.6. The molecule has 16 heavy (non-hydrogen) atoms. The van der Waals surface area contributed by atoms with Crippen molar-refractivity contribution in [1.29, 1.82) is 0 Å². The van der Waals surface area contributed by atoms with Gasteiger partial charge in [-0.05, 0) is 13.3 Å². The molecule has 1 heterocycles. The molecule has 0 radical (unpaired) electrons. The molecule has 0 aliphatic rings. The Morgan fingerprint density at radius 1 is 1.31 bits per heavy atom. The summed E-state index contributed by atoms with van der Waals surface area (Å²) in [5.41, 5.74) is 7.88. The van der Waals surface area contributed by atoms with Crippen LogP contribution in [0.4, 0.5) is 5.82 Å². The number of nitrogens with two attached hydrogens (primary N) is 1. The summed E-state index contributed by atoms with van der Waals surface area (Å²) in [4.78, 5) is 0. The first-order chi connectivity index (χ1) is 7.66. The van der Waals surface area contributed by atoms with Gasteiger partial charge in [0, 0.05) is 19.2 Å². The highest BCUT2D eigenvalue weighted by atomic mass is 16.5. The predicted octanol–water partition coefficient (Wildman–Crippen LogP) is 2.41. The van der Waals surface area contributed by atoms with Crippen molar-refractivity contribution in [1.82, 2.24) is 9.78 Å². The molecule has 0 aromatic carbocycles. The summed E-state index contributed by atoms with van der Waals surface area (Å²) in [6, 6.07) is 0. The van der Waals surface area contributed by atoms with Crippen LogP contribution in [0.5, 0.6) is 0 Å². The minimum Gasteiger partial charge on any atom is -0.384 e. The van der Waals surface area contributed by atoms with Crippen LogP contribution in [0.2, 0.25) is 0 Å². The number of nitrogens with zero attached hydrogens (tertiary/aromatic N) is 2. The number of anilines is 1. The SMILES string of the molecule is CCCCCCOCc1c(C)nn(C)c1N. The lowest BCUT2D eigenvalue weighted by Crippen LogP contribution is -2.02. The molecule has 0 unspecified atom stereocenters. The molecule has 0 aliphatic heterocycles. The van der Waals surface area contributed by atoms with Gasteiger partial charge in [-0.2, -0.15) is 5.10 Å². The standard InChI is InChI=1S/C12H23N3O/c1-4-5-6-7-8-16-9-11-10(2)14-15(3)12(11)13/h4-9,13H2,1-3H3. The number of aryl methyl sites for hydroxylation is 2. The fourth-order valence-corrected chi connectivity index (χ4v) is 1.70. The van der Waals surface area contributed by atoms with E-state index in [0.29, 0.717) is 12.4 Å². The lowest BCUT2D eigenvalue weighted by Gasteiger charge is -2.04. The Morgan fingerprint density at radius 2 is 2.06 bits per heavy atom. The molecule has 4 heteroatoms. The average molecular weight is 225 g/mol. The monoisotopic (exact) mass is 225 g/mol. The fourth-order valence-electron chi connectivity index (χ4n) is 1.70. The summed E-state index contributed by atoms with van der Waals surface area (Å²) >= 11 is 0. The van der Waals surface area contributed by atoms with Crippen molar-refractivity contribution in [2.75, 3.05) is 12.3 Å². The highest BCUT2D eigenvalue weighted by Crippen LogP contribution is 2.16.